The number of hydrogen-bond acceptors (Lipinski definition) is 2. The maximum absolute atomic E-state index is 12.5. The molecule has 0 aliphatic heterocycles. The Morgan fingerprint density at radius 3 is 2.38 bits per heavy atom. The largest absolute Gasteiger partial charge is 0.416 e. The maximum Gasteiger partial charge on any atom is 0.416 e. The third-order valence-electron chi connectivity index (χ3n) is 3.74. The second kappa shape index (κ2) is 5.85. The molecule has 3 N–H and O–H groups in total. The molecule has 21 heavy (non-hydrogen) atoms. The minimum absolute atomic E-state index is 0.144. The van der Waals surface area contributed by atoms with Crippen LogP contribution in [-0.2, 0) is 11.0 Å². The Morgan fingerprint density at radius 2 is 1.86 bits per heavy atom. The minimum Gasteiger partial charge on any atom is -0.323 e. The molecular formula is C14H16ClF3N2O. The van der Waals surface area contributed by atoms with Crippen LogP contribution in [0, 0.1) is 0 Å². The number of anilines is 1. The molecular weight excluding hydrogens is 305 g/mol. The van der Waals surface area contributed by atoms with Gasteiger partial charge in [-0.05, 0) is 31.0 Å². The van der Waals surface area contributed by atoms with Gasteiger partial charge in [-0.25, -0.2) is 0 Å². The number of rotatable bonds is 2. The summed E-state index contributed by atoms with van der Waals surface area (Å²) in [6, 6.07) is 2.82. The second-order valence-corrected chi connectivity index (χ2v) is 5.77. The minimum atomic E-state index is -4.47. The molecule has 2 rings (SSSR count). The van der Waals surface area contributed by atoms with E-state index in [1.54, 1.807) is 0 Å². The molecule has 0 unspecified atom stereocenters. The summed E-state index contributed by atoms with van der Waals surface area (Å²) in [5, 5.41) is 2.38. The van der Waals surface area contributed by atoms with E-state index in [1.807, 2.05) is 0 Å². The van der Waals surface area contributed by atoms with Crippen molar-refractivity contribution in [3.05, 3.63) is 28.8 Å². The summed E-state index contributed by atoms with van der Waals surface area (Å²) < 4.78 is 37.6. The zero-order chi connectivity index (χ0) is 15.7. The van der Waals surface area contributed by atoms with Crippen LogP contribution in [0.5, 0.6) is 0 Å². The van der Waals surface area contributed by atoms with Crippen molar-refractivity contribution in [2.45, 2.75) is 43.8 Å². The number of carbonyl (C=O) groups is 1. The molecule has 116 valence electrons. The van der Waals surface area contributed by atoms with E-state index >= 15 is 0 Å². The summed E-state index contributed by atoms with van der Waals surface area (Å²) in [6.07, 6.45) is -0.568. The Balaban J connectivity index is 2.14. The summed E-state index contributed by atoms with van der Waals surface area (Å²) in [5.41, 5.74) is 4.38. The summed E-state index contributed by atoms with van der Waals surface area (Å²) in [4.78, 5) is 12.2. The third kappa shape index (κ3) is 3.68. The summed E-state index contributed by atoms with van der Waals surface area (Å²) in [7, 11) is 0. The Labute approximate surface area is 125 Å². The number of hydrogen-bond donors (Lipinski definition) is 2. The molecule has 0 aromatic heterocycles. The number of carbonyl (C=O) groups excluding carboxylic acids is 1. The molecule has 0 radical (unpaired) electrons. The number of alkyl halides is 3. The van der Waals surface area contributed by atoms with Gasteiger partial charge in [0, 0.05) is 0 Å². The van der Waals surface area contributed by atoms with E-state index in [-0.39, 0.29) is 10.7 Å². The highest BCUT2D eigenvalue weighted by atomic mass is 35.5. The molecule has 1 aromatic carbocycles. The van der Waals surface area contributed by atoms with Crippen molar-refractivity contribution in [1.82, 2.24) is 0 Å². The van der Waals surface area contributed by atoms with E-state index in [9.17, 15) is 18.0 Å². The van der Waals surface area contributed by atoms with Crippen molar-refractivity contribution in [2.24, 2.45) is 5.73 Å². The van der Waals surface area contributed by atoms with E-state index in [0.717, 1.165) is 37.5 Å². The molecule has 0 spiro atoms. The average molecular weight is 321 g/mol. The molecule has 1 aromatic rings. The predicted molar refractivity (Wildman–Crippen MR) is 75.1 cm³/mol. The summed E-state index contributed by atoms with van der Waals surface area (Å²) in [5.74, 6) is -0.399. The highest BCUT2D eigenvalue weighted by Gasteiger charge is 2.36. The van der Waals surface area contributed by atoms with E-state index in [1.165, 1.54) is 0 Å². The number of nitrogens with one attached hydrogen (secondary N) is 1. The van der Waals surface area contributed by atoms with Crippen LogP contribution in [0.1, 0.15) is 37.7 Å². The summed E-state index contributed by atoms with van der Waals surface area (Å²) in [6.45, 7) is 0. The van der Waals surface area contributed by atoms with Crippen LogP contribution in [0.2, 0.25) is 5.02 Å². The van der Waals surface area contributed by atoms with Crippen molar-refractivity contribution in [3.63, 3.8) is 0 Å². The fourth-order valence-corrected chi connectivity index (χ4v) is 2.68. The fourth-order valence-electron chi connectivity index (χ4n) is 2.45. The van der Waals surface area contributed by atoms with Gasteiger partial charge < -0.3 is 11.1 Å². The van der Waals surface area contributed by atoms with Gasteiger partial charge in [0.05, 0.1) is 21.8 Å². The Hall–Kier alpha value is -1.27. The van der Waals surface area contributed by atoms with Crippen LogP contribution in [0.3, 0.4) is 0 Å². The highest BCUT2D eigenvalue weighted by molar-refractivity contribution is 6.33. The zero-order valence-electron chi connectivity index (χ0n) is 11.3. The van der Waals surface area contributed by atoms with Crippen molar-refractivity contribution in [2.75, 3.05) is 5.32 Å². The lowest BCUT2D eigenvalue weighted by molar-refractivity contribution is -0.137. The smallest absolute Gasteiger partial charge is 0.323 e. The van der Waals surface area contributed by atoms with Crippen molar-refractivity contribution in [3.8, 4) is 0 Å². The first-order valence-corrected chi connectivity index (χ1v) is 7.07. The lowest BCUT2D eigenvalue weighted by Gasteiger charge is -2.31. The van der Waals surface area contributed by atoms with Crippen LogP contribution < -0.4 is 11.1 Å². The van der Waals surface area contributed by atoms with Crippen LogP contribution in [0.25, 0.3) is 0 Å². The van der Waals surface area contributed by atoms with E-state index in [0.29, 0.717) is 12.8 Å². The standard InChI is InChI=1S/C14H16ClF3N2O/c15-10-8-9(14(16,17)18)4-5-11(10)20-12(21)13(19)6-2-1-3-7-13/h4-5,8H,1-3,6-7,19H2,(H,20,21). The molecule has 1 saturated carbocycles. The molecule has 1 amide bonds. The van der Waals surface area contributed by atoms with E-state index in [2.05, 4.69) is 5.32 Å². The van der Waals surface area contributed by atoms with Crippen LogP contribution >= 0.6 is 11.6 Å². The van der Waals surface area contributed by atoms with Crippen LogP contribution in [0.15, 0.2) is 18.2 Å². The number of halogens is 4. The maximum atomic E-state index is 12.5. The van der Waals surface area contributed by atoms with Crippen LogP contribution in [-0.4, -0.2) is 11.4 Å². The molecule has 3 nitrogen and oxygen atoms in total. The molecule has 7 heteroatoms. The van der Waals surface area contributed by atoms with E-state index < -0.39 is 23.2 Å². The van der Waals surface area contributed by atoms with E-state index in [4.69, 9.17) is 17.3 Å². The zero-order valence-corrected chi connectivity index (χ0v) is 12.0. The average Bonchev–Trinajstić information content (AvgIpc) is 2.40. The normalized spacial score (nSPS) is 18.3. The monoisotopic (exact) mass is 320 g/mol. The van der Waals surface area contributed by atoms with Crippen molar-refractivity contribution < 1.29 is 18.0 Å². The van der Waals surface area contributed by atoms with Gasteiger partial charge in [0.25, 0.3) is 0 Å². The van der Waals surface area contributed by atoms with Gasteiger partial charge in [0.2, 0.25) is 5.91 Å². The van der Waals surface area contributed by atoms with Gasteiger partial charge in [-0.1, -0.05) is 30.9 Å². The molecule has 0 heterocycles. The first-order valence-electron chi connectivity index (χ1n) is 6.69. The first kappa shape index (κ1) is 16.1. The molecule has 0 saturated heterocycles. The molecule has 0 atom stereocenters. The van der Waals surface area contributed by atoms with Crippen LogP contribution in [0.4, 0.5) is 18.9 Å². The second-order valence-electron chi connectivity index (χ2n) is 5.36. The topological polar surface area (TPSA) is 55.1 Å². The quantitative estimate of drug-likeness (QED) is 0.866. The van der Waals surface area contributed by atoms with Crippen molar-refractivity contribution >= 4 is 23.2 Å². The summed E-state index contributed by atoms with van der Waals surface area (Å²) >= 11 is 5.81. The number of benzene rings is 1. The molecule has 0 bridgehead atoms. The lowest BCUT2D eigenvalue weighted by Crippen LogP contribution is -2.52. The fraction of sp³-hybridized carbons (Fsp3) is 0.500. The van der Waals surface area contributed by atoms with Gasteiger partial charge >= 0.3 is 6.18 Å². The Bertz CT molecular complexity index is 540. The molecule has 1 aliphatic carbocycles. The first-order chi connectivity index (χ1) is 9.72. The van der Waals surface area contributed by atoms with Gasteiger partial charge in [-0.2, -0.15) is 13.2 Å². The van der Waals surface area contributed by atoms with Gasteiger partial charge in [0.1, 0.15) is 0 Å². The lowest BCUT2D eigenvalue weighted by atomic mass is 9.82. The van der Waals surface area contributed by atoms with Crippen molar-refractivity contribution in [1.29, 1.82) is 0 Å². The number of nitrogens with two attached hydrogens (primary N) is 1. The SMILES string of the molecule is NC1(C(=O)Nc2ccc(C(F)(F)F)cc2Cl)CCCCC1. The predicted octanol–water partition coefficient (Wildman–Crippen LogP) is 3.96. The van der Waals surface area contributed by atoms with Gasteiger partial charge in [0.15, 0.2) is 0 Å². The highest BCUT2D eigenvalue weighted by Crippen LogP contribution is 2.34. The Kier molecular flexibility index (Phi) is 4.49. The molecule has 1 fully saturated rings. The van der Waals surface area contributed by atoms with Gasteiger partial charge in [-0.15, -0.1) is 0 Å². The third-order valence-corrected chi connectivity index (χ3v) is 4.06. The molecule has 1 aliphatic rings. The Morgan fingerprint density at radius 1 is 1.24 bits per heavy atom. The van der Waals surface area contributed by atoms with Gasteiger partial charge in [-0.3, -0.25) is 4.79 Å². The number of amides is 1.